The summed E-state index contributed by atoms with van der Waals surface area (Å²) in [6.07, 6.45) is 7.01. The zero-order valence-electron chi connectivity index (χ0n) is 25.5. The van der Waals surface area contributed by atoms with E-state index < -0.39 is 8.07 Å². The Bertz CT molecular complexity index is 2010. The number of allylic oxidation sites excluding steroid dienone is 2. The first-order chi connectivity index (χ1) is 20.9. The zero-order chi connectivity index (χ0) is 29.3. The molecule has 0 N–H and O–H groups in total. The van der Waals surface area contributed by atoms with E-state index in [1.54, 1.807) is 21.5 Å². The molecule has 0 fully saturated rings. The lowest BCUT2D eigenvalue weighted by molar-refractivity contribution is 1.20. The lowest BCUT2D eigenvalue weighted by Gasteiger charge is -2.30. The van der Waals surface area contributed by atoms with Gasteiger partial charge >= 0.3 is 0 Å². The van der Waals surface area contributed by atoms with E-state index in [1.807, 2.05) is 0 Å². The minimum Gasteiger partial charge on any atom is -0.0683 e. The molecular formula is C42H36Si. The van der Waals surface area contributed by atoms with Crippen LogP contribution in [0.25, 0.3) is 56.0 Å². The Balaban J connectivity index is 1.30. The lowest BCUT2D eigenvalue weighted by atomic mass is 9.93. The van der Waals surface area contributed by atoms with E-state index in [0.29, 0.717) is 0 Å². The van der Waals surface area contributed by atoms with Crippen molar-refractivity contribution in [2.45, 2.75) is 39.8 Å². The fourth-order valence-corrected chi connectivity index (χ4v) is 11.1. The smallest absolute Gasteiger partial charge is 0.0683 e. The molecule has 43 heavy (non-hydrogen) atoms. The van der Waals surface area contributed by atoms with Crippen molar-refractivity contribution in [3.05, 3.63) is 143 Å². The van der Waals surface area contributed by atoms with Crippen LogP contribution in [-0.2, 0) is 12.8 Å². The molecule has 0 radical (unpaired) electrons. The predicted octanol–water partition coefficient (Wildman–Crippen LogP) is 10.1. The Morgan fingerprint density at radius 3 is 1.33 bits per heavy atom. The molecule has 0 saturated heterocycles. The molecule has 0 aliphatic heterocycles. The maximum absolute atomic E-state index is 2.58. The quantitative estimate of drug-likeness (QED) is 0.186. The average Bonchev–Trinajstić information content (AvgIpc) is 3.61. The molecule has 0 nitrogen and oxygen atoms in total. The summed E-state index contributed by atoms with van der Waals surface area (Å²) in [6.45, 7) is 9.76. The van der Waals surface area contributed by atoms with E-state index in [4.69, 9.17) is 0 Å². The van der Waals surface area contributed by atoms with Crippen molar-refractivity contribution in [2.75, 3.05) is 0 Å². The standard InChI is InChI=1S/C42H36Si/c1-27-23-37-35(33-17-9-13-29-11-5-7-15-31(29)33)19-21-41(39(37)25-27)43(3,4)42-22-20-36(38-24-28(2)26-40(38)42)34-18-10-14-30-12-6-8-16-32(30)34/h5-24H,25-26H2,1-4H3. The molecule has 0 amide bonds. The number of benzene rings is 6. The highest BCUT2D eigenvalue weighted by Gasteiger charge is 2.35. The molecule has 0 bridgehead atoms. The van der Waals surface area contributed by atoms with Gasteiger partial charge in [-0.3, -0.25) is 0 Å². The van der Waals surface area contributed by atoms with Crippen molar-refractivity contribution in [2.24, 2.45) is 0 Å². The fraction of sp³-hybridized carbons (Fsp3) is 0.143. The van der Waals surface area contributed by atoms with E-state index in [0.717, 1.165) is 12.8 Å². The van der Waals surface area contributed by atoms with Crippen LogP contribution >= 0.6 is 0 Å². The van der Waals surface area contributed by atoms with Crippen LogP contribution in [0.15, 0.2) is 120 Å². The zero-order valence-corrected chi connectivity index (χ0v) is 26.5. The first-order valence-corrected chi connectivity index (χ1v) is 18.5. The second kappa shape index (κ2) is 9.79. The SMILES string of the molecule is CC1=Cc2c(-c3cccc4ccccc34)ccc([Si](C)(C)c3ccc(-c4cccc5ccccc45)c4c3CC(C)=C4)c2C1. The van der Waals surface area contributed by atoms with E-state index in [-0.39, 0.29) is 0 Å². The van der Waals surface area contributed by atoms with Crippen molar-refractivity contribution in [3.63, 3.8) is 0 Å². The van der Waals surface area contributed by atoms with Crippen LogP contribution in [0.2, 0.25) is 13.1 Å². The molecule has 0 aromatic heterocycles. The number of fused-ring (bicyclic) bond motifs is 4. The van der Waals surface area contributed by atoms with Crippen LogP contribution < -0.4 is 10.4 Å². The molecule has 1 heteroatoms. The normalized spacial score (nSPS) is 14.1. The number of hydrogen-bond acceptors (Lipinski definition) is 0. The Hall–Kier alpha value is -4.46. The van der Waals surface area contributed by atoms with Gasteiger partial charge in [0.2, 0.25) is 0 Å². The first-order valence-electron chi connectivity index (χ1n) is 15.5. The number of hydrogen-bond donors (Lipinski definition) is 0. The maximum Gasteiger partial charge on any atom is 0.113 e. The van der Waals surface area contributed by atoms with Gasteiger partial charge in [-0.05, 0) is 92.7 Å². The van der Waals surface area contributed by atoms with Gasteiger partial charge < -0.3 is 0 Å². The highest BCUT2D eigenvalue weighted by Crippen LogP contribution is 2.40. The molecule has 0 saturated carbocycles. The van der Waals surface area contributed by atoms with Crippen LogP contribution in [0.3, 0.4) is 0 Å². The minimum absolute atomic E-state index is 1.05. The largest absolute Gasteiger partial charge is 0.113 e. The van der Waals surface area contributed by atoms with Crippen molar-refractivity contribution < 1.29 is 0 Å². The molecule has 6 aromatic rings. The summed E-state index contributed by atoms with van der Waals surface area (Å²) in [4.78, 5) is 0. The van der Waals surface area contributed by atoms with Gasteiger partial charge in [-0.15, -0.1) is 0 Å². The average molecular weight is 569 g/mol. The second-order valence-electron chi connectivity index (χ2n) is 13.1. The molecule has 6 aromatic carbocycles. The van der Waals surface area contributed by atoms with E-state index in [9.17, 15) is 0 Å². The predicted molar refractivity (Wildman–Crippen MR) is 190 cm³/mol. The second-order valence-corrected chi connectivity index (χ2v) is 17.4. The Kier molecular flexibility index (Phi) is 5.96. The summed E-state index contributed by atoms with van der Waals surface area (Å²) in [7, 11) is -2.05. The molecule has 0 heterocycles. The molecule has 0 atom stereocenters. The summed E-state index contributed by atoms with van der Waals surface area (Å²) in [5.41, 5.74) is 14.3. The summed E-state index contributed by atoms with van der Waals surface area (Å²) >= 11 is 0. The molecule has 2 aliphatic carbocycles. The van der Waals surface area contributed by atoms with Gasteiger partial charge in [-0.1, -0.05) is 156 Å². The summed E-state index contributed by atoms with van der Waals surface area (Å²) < 4.78 is 0. The van der Waals surface area contributed by atoms with Crippen LogP contribution in [0.1, 0.15) is 36.1 Å². The Morgan fingerprint density at radius 2 is 0.860 bits per heavy atom. The third-order valence-corrected chi connectivity index (χ3v) is 13.5. The monoisotopic (exact) mass is 568 g/mol. The van der Waals surface area contributed by atoms with E-state index in [2.05, 4.69) is 148 Å². The van der Waals surface area contributed by atoms with Crippen molar-refractivity contribution >= 4 is 52.1 Å². The van der Waals surface area contributed by atoms with Crippen molar-refractivity contribution in [3.8, 4) is 22.3 Å². The van der Waals surface area contributed by atoms with Gasteiger partial charge in [0.15, 0.2) is 0 Å². The van der Waals surface area contributed by atoms with E-state index >= 15 is 0 Å². The van der Waals surface area contributed by atoms with Gasteiger partial charge in [0, 0.05) is 0 Å². The molecule has 8 rings (SSSR count). The minimum atomic E-state index is -2.05. The van der Waals surface area contributed by atoms with Gasteiger partial charge in [0.25, 0.3) is 0 Å². The summed E-state index contributed by atoms with van der Waals surface area (Å²) in [6, 6.07) is 40.9. The van der Waals surface area contributed by atoms with E-state index in [1.165, 1.54) is 66.1 Å². The molecule has 0 unspecified atom stereocenters. The van der Waals surface area contributed by atoms with Crippen LogP contribution in [-0.4, -0.2) is 8.07 Å². The van der Waals surface area contributed by atoms with Gasteiger partial charge in [0.05, 0.1) is 0 Å². The maximum atomic E-state index is 2.58. The first kappa shape index (κ1) is 26.2. The van der Waals surface area contributed by atoms with Gasteiger partial charge in [-0.25, -0.2) is 0 Å². The third kappa shape index (κ3) is 4.10. The topological polar surface area (TPSA) is 0 Å². The highest BCUT2D eigenvalue weighted by molar-refractivity contribution is 7.01. The number of rotatable bonds is 4. The van der Waals surface area contributed by atoms with Crippen LogP contribution in [0, 0.1) is 0 Å². The van der Waals surface area contributed by atoms with Crippen molar-refractivity contribution in [1.29, 1.82) is 0 Å². The molecule has 0 spiro atoms. The van der Waals surface area contributed by atoms with Gasteiger partial charge in [-0.2, -0.15) is 0 Å². The van der Waals surface area contributed by atoms with Crippen LogP contribution in [0.5, 0.6) is 0 Å². The summed E-state index contributed by atoms with van der Waals surface area (Å²) in [5.74, 6) is 0. The van der Waals surface area contributed by atoms with Crippen LogP contribution in [0.4, 0.5) is 0 Å². The Labute approximate surface area is 256 Å². The highest BCUT2D eigenvalue weighted by atomic mass is 28.3. The summed E-state index contributed by atoms with van der Waals surface area (Å²) in [5, 5.41) is 8.44. The molecule has 208 valence electrons. The fourth-order valence-electron chi connectivity index (χ4n) is 7.90. The Morgan fingerprint density at radius 1 is 0.442 bits per heavy atom. The van der Waals surface area contributed by atoms with Gasteiger partial charge in [0.1, 0.15) is 8.07 Å². The molecular weight excluding hydrogens is 533 g/mol. The lowest BCUT2D eigenvalue weighted by Crippen LogP contribution is -2.55. The molecule has 2 aliphatic rings. The van der Waals surface area contributed by atoms with Crippen molar-refractivity contribution in [1.82, 2.24) is 0 Å². The third-order valence-electron chi connectivity index (χ3n) is 9.91.